The number of benzene rings is 1. The molecule has 2 saturated heterocycles. The number of likely N-dealkylation sites (N-methyl/N-ethyl adjacent to an activating group) is 1. The summed E-state index contributed by atoms with van der Waals surface area (Å²) in [6, 6.07) is 10.8. The molecule has 1 aliphatic carbocycles. The van der Waals surface area contributed by atoms with E-state index in [-0.39, 0.29) is 24.2 Å². The second-order valence-electron chi connectivity index (χ2n) is 11.8. The molecule has 9 nitrogen and oxygen atoms in total. The molecule has 0 bridgehead atoms. The van der Waals surface area contributed by atoms with E-state index in [0.29, 0.717) is 49.6 Å². The Bertz CT molecular complexity index is 1380. The number of nitriles is 1. The van der Waals surface area contributed by atoms with E-state index in [9.17, 15) is 14.4 Å². The van der Waals surface area contributed by atoms with Gasteiger partial charge < -0.3 is 24.9 Å². The number of aryl methyl sites for hydroxylation is 1. The molecule has 0 radical (unpaired) electrons. The van der Waals surface area contributed by atoms with Gasteiger partial charge in [0.05, 0.1) is 29.6 Å². The summed E-state index contributed by atoms with van der Waals surface area (Å²) in [5, 5.41) is 12.8. The van der Waals surface area contributed by atoms with Gasteiger partial charge in [0.2, 0.25) is 11.9 Å². The second kappa shape index (κ2) is 10.4. The van der Waals surface area contributed by atoms with Crippen LogP contribution in [0.4, 0.5) is 21.8 Å². The van der Waals surface area contributed by atoms with Gasteiger partial charge in [-0.25, -0.2) is 9.37 Å². The van der Waals surface area contributed by atoms with Crippen molar-refractivity contribution in [2.75, 3.05) is 61.9 Å². The molecular formula is C30H37FN8O. The van der Waals surface area contributed by atoms with Crippen molar-refractivity contribution in [3.05, 3.63) is 53.1 Å². The molecule has 2 fully saturated rings. The van der Waals surface area contributed by atoms with Crippen LogP contribution >= 0.6 is 0 Å². The number of hydrogen-bond donors (Lipinski definition) is 1. The Morgan fingerprint density at radius 3 is 2.77 bits per heavy atom. The van der Waals surface area contributed by atoms with Gasteiger partial charge in [0.25, 0.3) is 0 Å². The maximum absolute atomic E-state index is 14.0. The van der Waals surface area contributed by atoms with E-state index >= 15 is 0 Å². The Morgan fingerprint density at radius 2 is 2.02 bits per heavy atom. The standard InChI is InChI=1S/C30H37FN8O/c1-20(31)16-37-13-14-38(17-22(37)10-12-32)27-26-25(33-29(35-27)39-18-23(19-39)36(2)3)15-30(28(40)34-26)11-6-8-21-7-4-5-9-24(21)30/h4-5,7,9,16,22-23H,6,8,10-11,13-15,17-19H2,1-3H3,(H,34,40)/t22-,30+/m0/s1. The van der Waals surface area contributed by atoms with Crippen molar-refractivity contribution in [3.63, 3.8) is 0 Å². The summed E-state index contributed by atoms with van der Waals surface area (Å²) in [4.78, 5) is 32.6. The number of allylic oxidation sites excluding steroid dienone is 1. The van der Waals surface area contributed by atoms with Gasteiger partial charge in [-0.2, -0.15) is 10.2 Å². The number of nitrogens with zero attached hydrogens (tertiary/aromatic N) is 7. The van der Waals surface area contributed by atoms with E-state index in [1.54, 1.807) is 0 Å². The molecule has 1 aromatic heterocycles. The van der Waals surface area contributed by atoms with E-state index in [0.717, 1.165) is 43.6 Å². The molecule has 6 rings (SSSR count). The molecule has 40 heavy (non-hydrogen) atoms. The molecule has 1 aromatic carbocycles. The highest BCUT2D eigenvalue weighted by Gasteiger charge is 2.48. The normalized spacial score (nSPS) is 24.9. The van der Waals surface area contributed by atoms with E-state index in [1.807, 2.05) is 17.0 Å². The number of hydrogen-bond acceptors (Lipinski definition) is 8. The highest BCUT2D eigenvalue weighted by molar-refractivity contribution is 6.04. The van der Waals surface area contributed by atoms with Crippen LogP contribution in [0.15, 0.2) is 36.3 Å². The van der Waals surface area contributed by atoms with Crippen LogP contribution in [0.5, 0.6) is 0 Å². The Hall–Kier alpha value is -3.71. The van der Waals surface area contributed by atoms with Crippen LogP contribution in [0, 0.1) is 11.3 Å². The Labute approximate surface area is 235 Å². The quantitative estimate of drug-likeness (QED) is 0.614. The minimum Gasteiger partial charge on any atom is -0.368 e. The summed E-state index contributed by atoms with van der Waals surface area (Å²) in [5.74, 6) is 1.10. The Kier molecular flexibility index (Phi) is 6.87. The van der Waals surface area contributed by atoms with Crippen molar-refractivity contribution in [1.29, 1.82) is 5.26 Å². The predicted octanol–water partition coefficient (Wildman–Crippen LogP) is 3.23. The van der Waals surface area contributed by atoms with Crippen molar-refractivity contribution >= 4 is 23.4 Å². The van der Waals surface area contributed by atoms with Gasteiger partial charge in [0.15, 0.2) is 5.82 Å². The van der Waals surface area contributed by atoms with Gasteiger partial charge in [-0.1, -0.05) is 24.3 Å². The summed E-state index contributed by atoms with van der Waals surface area (Å²) in [6.45, 7) is 4.77. The maximum Gasteiger partial charge on any atom is 0.235 e. The van der Waals surface area contributed by atoms with Crippen LogP contribution in [-0.4, -0.2) is 84.6 Å². The van der Waals surface area contributed by atoms with Crippen LogP contribution in [0.3, 0.4) is 0 Å². The number of piperazine rings is 1. The first-order valence-electron chi connectivity index (χ1n) is 14.2. The van der Waals surface area contributed by atoms with Gasteiger partial charge in [-0.15, -0.1) is 0 Å². The first-order chi connectivity index (χ1) is 19.3. The molecule has 0 unspecified atom stereocenters. The molecule has 1 amide bonds. The minimum atomic E-state index is -0.642. The van der Waals surface area contributed by atoms with Crippen LogP contribution < -0.4 is 15.1 Å². The number of nitrogens with one attached hydrogen (secondary N) is 1. The Balaban J connectivity index is 1.40. The summed E-state index contributed by atoms with van der Waals surface area (Å²) >= 11 is 0. The van der Waals surface area contributed by atoms with Crippen LogP contribution in [-0.2, 0) is 23.1 Å². The molecule has 10 heteroatoms. The molecule has 210 valence electrons. The zero-order chi connectivity index (χ0) is 28.0. The summed E-state index contributed by atoms with van der Waals surface area (Å²) in [5.41, 5.74) is 3.25. The largest absolute Gasteiger partial charge is 0.368 e. The van der Waals surface area contributed by atoms with Gasteiger partial charge in [-0.05, 0) is 51.4 Å². The molecule has 0 saturated carbocycles. The Morgan fingerprint density at radius 1 is 1.23 bits per heavy atom. The van der Waals surface area contributed by atoms with E-state index in [2.05, 4.69) is 52.3 Å². The van der Waals surface area contributed by atoms with E-state index < -0.39 is 5.41 Å². The van der Waals surface area contributed by atoms with Crippen molar-refractivity contribution in [2.24, 2.45) is 0 Å². The lowest BCUT2D eigenvalue weighted by Crippen LogP contribution is -2.58. The fraction of sp³-hybridized carbons (Fsp3) is 0.533. The number of anilines is 3. The number of carbonyl (C=O) groups is 1. The number of halogens is 1. The average molecular weight is 545 g/mol. The lowest BCUT2D eigenvalue weighted by Gasteiger charge is -2.46. The number of aromatic nitrogens is 2. The fourth-order valence-corrected chi connectivity index (χ4v) is 6.74. The molecule has 1 N–H and O–H groups in total. The zero-order valence-corrected chi connectivity index (χ0v) is 23.5. The molecule has 2 aromatic rings. The summed E-state index contributed by atoms with van der Waals surface area (Å²) in [6.07, 6.45) is 5.02. The van der Waals surface area contributed by atoms with E-state index in [1.165, 1.54) is 18.7 Å². The fourth-order valence-electron chi connectivity index (χ4n) is 6.74. The molecule has 4 heterocycles. The lowest BCUT2D eigenvalue weighted by molar-refractivity contribution is -0.122. The van der Waals surface area contributed by atoms with Gasteiger partial charge >= 0.3 is 0 Å². The van der Waals surface area contributed by atoms with Crippen LogP contribution in [0.2, 0.25) is 0 Å². The van der Waals surface area contributed by atoms with Gasteiger partial charge in [0.1, 0.15) is 11.5 Å². The van der Waals surface area contributed by atoms with Crippen molar-refractivity contribution in [3.8, 4) is 6.07 Å². The predicted molar refractivity (Wildman–Crippen MR) is 153 cm³/mol. The highest BCUT2D eigenvalue weighted by atomic mass is 19.1. The van der Waals surface area contributed by atoms with Gasteiger partial charge in [0, 0.05) is 51.4 Å². The topological polar surface area (TPSA) is 91.6 Å². The van der Waals surface area contributed by atoms with E-state index in [4.69, 9.17) is 9.97 Å². The molecule has 3 aliphatic heterocycles. The number of rotatable bonds is 5. The van der Waals surface area contributed by atoms with Crippen molar-refractivity contribution < 1.29 is 9.18 Å². The molecule has 4 aliphatic rings. The third-order valence-electron chi connectivity index (χ3n) is 9.05. The first-order valence-corrected chi connectivity index (χ1v) is 14.2. The van der Waals surface area contributed by atoms with Crippen molar-refractivity contribution in [1.82, 2.24) is 19.8 Å². The molecule has 1 spiro atoms. The maximum atomic E-state index is 14.0. The van der Waals surface area contributed by atoms with Crippen LogP contribution in [0.1, 0.15) is 43.0 Å². The second-order valence-corrected chi connectivity index (χ2v) is 11.8. The third kappa shape index (κ3) is 4.56. The number of amides is 1. The summed E-state index contributed by atoms with van der Waals surface area (Å²) < 4.78 is 13.8. The molecule has 2 atom stereocenters. The zero-order valence-electron chi connectivity index (χ0n) is 23.5. The smallest absolute Gasteiger partial charge is 0.235 e. The number of carbonyl (C=O) groups excluding carboxylic acids is 1. The lowest BCUT2D eigenvalue weighted by atomic mass is 9.65. The average Bonchev–Trinajstić information content (AvgIpc) is 2.89. The number of fused-ring (bicyclic) bond motifs is 3. The third-order valence-corrected chi connectivity index (χ3v) is 9.05. The molecular weight excluding hydrogens is 507 g/mol. The monoisotopic (exact) mass is 544 g/mol. The highest BCUT2D eigenvalue weighted by Crippen LogP contribution is 2.46. The minimum absolute atomic E-state index is 0.00423. The van der Waals surface area contributed by atoms with Gasteiger partial charge in [-0.3, -0.25) is 4.79 Å². The van der Waals surface area contributed by atoms with Crippen molar-refractivity contribution in [2.45, 2.75) is 56.5 Å². The first kappa shape index (κ1) is 26.5. The summed E-state index contributed by atoms with van der Waals surface area (Å²) in [7, 11) is 4.17. The SMILES string of the molecule is CC(F)=CN1CCN(c2nc(N3CC(N(C)C)C3)nc3c2NC(=O)[C@]2(CCCc4ccccc42)C3)C[C@@H]1CC#N. The van der Waals surface area contributed by atoms with Crippen LogP contribution in [0.25, 0.3) is 0 Å².